The fourth-order valence-corrected chi connectivity index (χ4v) is 3.80. The van der Waals surface area contributed by atoms with Crippen molar-refractivity contribution in [2.75, 3.05) is 13.1 Å². The van der Waals surface area contributed by atoms with Crippen LogP contribution in [0.15, 0.2) is 54.7 Å². The number of carbonyl (C=O) groups is 2. The lowest BCUT2D eigenvalue weighted by Crippen LogP contribution is -2.38. The molecule has 1 aliphatic heterocycles. The molecule has 29 heavy (non-hydrogen) atoms. The summed E-state index contributed by atoms with van der Waals surface area (Å²) in [5.74, 6) is 0.536. The molecule has 0 bridgehead atoms. The third kappa shape index (κ3) is 3.88. The molecule has 150 valence electrons. The van der Waals surface area contributed by atoms with Crippen molar-refractivity contribution in [3.05, 3.63) is 71.8 Å². The fourth-order valence-electron chi connectivity index (χ4n) is 3.80. The first-order valence-corrected chi connectivity index (χ1v) is 10.2. The lowest BCUT2D eigenvalue weighted by atomic mass is 9.99. The molecular formula is C23H26N4O2. The third-order valence-corrected chi connectivity index (χ3v) is 5.67. The monoisotopic (exact) mass is 390 g/mol. The Labute approximate surface area is 170 Å². The van der Waals surface area contributed by atoms with Gasteiger partial charge in [-0.25, -0.2) is 4.98 Å². The van der Waals surface area contributed by atoms with Crippen molar-refractivity contribution in [2.24, 2.45) is 5.92 Å². The van der Waals surface area contributed by atoms with Gasteiger partial charge < -0.3 is 10.2 Å². The van der Waals surface area contributed by atoms with E-state index in [4.69, 9.17) is 0 Å². The van der Waals surface area contributed by atoms with Gasteiger partial charge in [0.25, 0.3) is 11.8 Å². The Kier molecular flexibility index (Phi) is 5.34. The maximum atomic E-state index is 13.1. The Morgan fingerprint density at radius 3 is 2.48 bits per heavy atom. The van der Waals surface area contributed by atoms with Gasteiger partial charge in [0.1, 0.15) is 0 Å². The summed E-state index contributed by atoms with van der Waals surface area (Å²) in [4.78, 5) is 32.4. The van der Waals surface area contributed by atoms with Crippen LogP contribution in [0.2, 0.25) is 0 Å². The summed E-state index contributed by atoms with van der Waals surface area (Å²) in [6.07, 6.45) is 3.79. The molecule has 1 atom stereocenters. The van der Waals surface area contributed by atoms with Gasteiger partial charge in [0.15, 0.2) is 5.69 Å². The van der Waals surface area contributed by atoms with Crippen LogP contribution in [-0.4, -0.2) is 39.2 Å². The lowest BCUT2D eigenvalue weighted by Gasteiger charge is -2.29. The molecule has 4 rings (SSSR count). The van der Waals surface area contributed by atoms with Crippen molar-refractivity contribution >= 4 is 17.3 Å². The first-order valence-electron chi connectivity index (χ1n) is 10.2. The van der Waals surface area contributed by atoms with Crippen LogP contribution in [0.4, 0.5) is 0 Å². The standard InChI is InChI=1S/C23H26N4O2/c1-16-11-14-26(15-12-16)23(29)21-25-20(19-10-6-7-13-27(19)21)22(28)24-17(2)18-8-4-3-5-9-18/h3-10,13,16-17H,11-12,14-15H2,1-2H3,(H,24,28). The molecule has 3 heterocycles. The van der Waals surface area contributed by atoms with E-state index in [0.717, 1.165) is 31.5 Å². The average Bonchev–Trinajstić information content (AvgIpc) is 3.14. The summed E-state index contributed by atoms with van der Waals surface area (Å²) in [6.45, 7) is 5.61. The molecule has 2 amide bonds. The number of benzene rings is 1. The van der Waals surface area contributed by atoms with E-state index in [1.807, 2.05) is 60.4 Å². The average molecular weight is 390 g/mol. The summed E-state index contributed by atoms with van der Waals surface area (Å²) in [5.41, 5.74) is 1.93. The van der Waals surface area contributed by atoms with Gasteiger partial charge >= 0.3 is 0 Å². The molecule has 3 aromatic rings. The van der Waals surface area contributed by atoms with Crippen molar-refractivity contribution in [3.63, 3.8) is 0 Å². The van der Waals surface area contributed by atoms with Gasteiger partial charge in [-0.05, 0) is 43.4 Å². The topological polar surface area (TPSA) is 66.7 Å². The maximum Gasteiger partial charge on any atom is 0.290 e. The summed E-state index contributed by atoms with van der Waals surface area (Å²) in [5, 5.41) is 3.00. The molecule has 1 aromatic carbocycles. The number of amides is 2. The van der Waals surface area contributed by atoms with Crippen LogP contribution >= 0.6 is 0 Å². The van der Waals surface area contributed by atoms with Gasteiger partial charge in [-0.1, -0.05) is 43.3 Å². The van der Waals surface area contributed by atoms with E-state index >= 15 is 0 Å². The molecule has 0 spiro atoms. The molecule has 0 radical (unpaired) electrons. The first-order chi connectivity index (χ1) is 14.0. The SMILES string of the molecule is CC1CCN(C(=O)c2nc(C(=O)NC(C)c3ccccc3)c3ccccn23)CC1. The van der Waals surface area contributed by atoms with Gasteiger partial charge in [0, 0.05) is 19.3 Å². The Hall–Kier alpha value is -3.15. The number of rotatable bonds is 4. The normalized spacial score (nSPS) is 16.0. The summed E-state index contributed by atoms with van der Waals surface area (Å²) in [7, 11) is 0. The number of aromatic nitrogens is 2. The van der Waals surface area contributed by atoms with E-state index in [9.17, 15) is 9.59 Å². The molecule has 0 aliphatic carbocycles. The number of carbonyl (C=O) groups excluding carboxylic acids is 2. The van der Waals surface area contributed by atoms with Crippen molar-refractivity contribution in [2.45, 2.75) is 32.7 Å². The maximum absolute atomic E-state index is 13.1. The highest BCUT2D eigenvalue weighted by Gasteiger charge is 2.27. The zero-order valence-corrected chi connectivity index (χ0v) is 16.8. The number of imidazole rings is 1. The lowest BCUT2D eigenvalue weighted by molar-refractivity contribution is 0.0684. The third-order valence-electron chi connectivity index (χ3n) is 5.67. The van der Waals surface area contributed by atoms with Gasteiger partial charge in [0.05, 0.1) is 11.6 Å². The number of nitrogens with one attached hydrogen (secondary N) is 1. The number of fused-ring (bicyclic) bond motifs is 1. The predicted octanol–water partition coefficient (Wildman–Crippen LogP) is 3.70. The van der Waals surface area contributed by atoms with Gasteiger partial charge in [-0.3, -0.25) is 14.0 Å². The Balaban J connectivity index is 1.62. The number of hydrogen-bond acceptors (Lipinski definition) is 3. The van der Waals surface area contributed by atoms with Crippen LogP contribution in [-0.2, 0) is 0 Å². The van der Waals surface area contributed by atoms with Crippen molar-refractivity contribution < 1.29 is 9.59 Å². The molecular weight excluding hydrogens is 364 g/mol. The Morgan fingerprint density at radius 1 is 1.07 bits per heavy atom. The molecule has 1 unspecified atom stereocenters. The second-order valence-corrected chi connectivity index (χ2v) is 7.82. The zero-order valence-electron chi connectivity index (χ0n) is 16.8. The van der Waals surface area contributed by atoms with Crippen molar-refractivity contribution in [3.8, 4) is 0 Å². The van der Waals surface area contributed by atoms with Crippen LogP contribution in [0.3, 0.4) is 0 Å². The highest BCUT2D eigenvalue weighted by molar-refractivity contribution is 6.02. The molecule has 1 saturated heterocycles. The summed E-state index contributed by atoms with van der Waals surface area (Å²) >= 11 is 0. The highest BCUT2D eigenvalue weighted by Crippen LogP contribution is 2.21. The van der Waals surface area contributed by atoms with E-state index in [2.05, 4.69) is 17.2 Å². The van der Waals surface area contributed by atoms with E-state index in [-0.39, 0.29) is 23.6 Å². The van der Waals surface area contributed by atoms with Crippen molar-refractivity contribution in [1.29, 1.82) is 0 Å². The van der Waals surface area contributed by atoms with Crippen LogP contribution in [0, 0.1) is 5.92 Å². The Morgan fingerprint density at radius 2 is 1.76 bits per heavy atom. The molecule has 2 aromatic heterocycles. The molecule has 6 heteroatoms. The van der Waals surface area contributed by atoms with Gasteiger partial charge in [0.2, 0.25) is 5.82 Å². The van der Waals surface area contributed by atoms with E-state index in [1.165, 1.54) is 0 Å². The number of hydrogen-bond donors (Lipinski definition) is 1. The number of pyridine rings is 1. The first kappa shape index (κ1) is 19.2. The second-order valence-electron chi connectivity index (χ2n) is 7.82. The molecule has 1 fully saturated rings. The van der Waals surface area contributed by atoms with Gasteiger partial charge in [-0.2, -0.15) is 0 Å². The van der Waals surface area contributed by atoms with Gasteiger partial charge in [-0.15, -0.1) is 0 Å². The zero-order chi connectivity index (χ0) is 20.4. The predicted molar refractivity (Wildman–Crippen MR) is 112 cm³/mol. The van der Waals surface area contributed by atoms with E-state index < -0.39 is 0 Å². The van der Waals surface area contributed by atoms with Crippen molar-refractivity contribution in [1.82, 2.24) is 19.6 Å². The highest BCUT2D eigenvalue weighted by atomic mass is 16.2. The minimum atomic E-state index is -0.281. The van der Waals surface area contributed by atoms with Crippen LogP contribution in [0.5, 0.6) is 0 Å². The minimum absolute atomic E-state index is 0.117. The van der Waals surface area contributed by atoms with Crippen LogP contribution in [0.1, 0.15) is 59.4 Å². The molecule has 0 saturated carbocycles. The molecule has 1 aliphatic rings. The van der Waals surface area contributed by atoms with Crippen LogP contribution < -0.4 is 5.32 Å². The largest absolute Gasteiger partial charge is 0.344 e. The van der Waals surface area contributed by atoms with E-state index in [0.29, 0.717) is 17.3 Å². The number of piperidine rings is 1. The quantitative estimate of drug-likeness (QED) is 0.739. The number of likely N-dealkylation sites (tertiary alicyclic amines) is 1. The second kappa shape index (κ2) is 8.07. The number of nitrogens with zero attached hydrogens (tertiary/aromatic N) is 3. The minimum Gasteiger partial charge on any atom is -0.344 e. The van der Waals surface area contributed by atoms with E-state index in [1.54, 1.807) is 10.6 Å². The summed E-state index contributed by atoms with van der Waals surface area (Å²) in [6, 6.07) is 15.1. The Bertz CT molecular complexity index is 1020. The smallest absolute Gasteiger partial charge is 0.290 e. The summed E-state index contributed by atoms with van der Waals surface area (Å²) < 4.78 is 1.72. The molecule has 1 N–H and O–H groups in total. The fraction of sp³-hybridized carbons (Fsp3) is 0.348. The molecule has 6 nitrogen and oxygen atoms in total. The van der Waals surface area contributed by atoms with Crippen LogP contribution in [0.25, 0.3) is 5.52 Å².